The number of phenols is 2. The van der Waals surface area contributed by atoms with E-state index in [2.05, 4.69) is 10.5 Å². The van der Waals surface area contributed by atoms with Crippen LogP contribution in [0.15, 0.2) is 34.4 Å². The van der Waals surface area contributed by atoms with Crippen LogP contribution in [0.2, 0.25) is 0 Å². The van der Waals surface area contributed by atoms with Crippen molar-refractivity contribution >= 4 is 17.8 Å². The lowest BCUT2D eigenvalue weighted by Gasteiger charge is -2.01. The fourth-order valence-corrected chi connectivity index (χ4v) is 1.55. The molecule has 1 amide bonds. The molecule has 0 aliphatic rings. The highest BCUT2D eigenvalue weighted by atomic mass is 16.5. The maximum absolute atomic E-state index is 11.9. The van der Waals surface area contributed by atoms with Gasteiger partial charge >= 0.3 is 0 Å². The van der Waals surface area contributed by atoms with Crippen LogP contribution >= 0.6 is 0 Å². The summed E-state index contributed by atoms with van der Waals surface area (Å²) in [5.74, 6) is -0.552. The Labute approximate surface area is 119 Å². The van der Waals surface area contributed by atoms with Gasteiger partial charge in [0.2, 0.25) is 0 Å². The molecule has 7 heteroatoms. The van der Waals surface area contributed by atoms with Gasteiger partial charge in [0, 0.05) is 6.07 Å². The van der Waals surface area contributed by atoms with E-state index in [0.29, 0.717) is 11.3 Å². The standard InChI is InChI=1S/C14H11N3O4/c1-8-4-13(17-21-8)16-14(20)10(7-15)5-9-2-3-11(18)12(19)6-9/h2-6,18-19H,1H3,(H,16,17,20)/b10-5+. The summed E-state index contributed by atoms with van der Waals surface area (Å²) in [6.45, 7) is 1.67. The van der Waals surface area contributed by atoms with Crippen molar-refractivity contribution in [3.05, 3.63) is 41.2 Å². The lowest BCUT2D eigenvalue weighted by Crippen LogP contribution is -2.13. The van der Waals surface area contributed by atoms with E-state index in [1.54, 1.807) is 13.0 Å². The number of aromatic hydroxyl groups is 2. The maximum atomic E-state index is 11.9. The van der Waals surface area contributed by atoms with Crippen molar-refractivity contribution in [1.29, 1.82) is 5.26 Å². The molecule has 1 aromatic carbocycles. The number of aryl methyl sites for hydroxylation is 1. The monoisotopic (exact) mass is 285 g/mol. The molecule has 0 unspecified atom stereocenters. The van der Waals surface area contributed by atoms with Gasteiger partial charge in [-0.1, -0.05) is 11.2 Å². The zero-order valence-electron chi connectivity index (χ0n) is 11.0. The second kappa shape index (κ2) is 5.79. The molecule has 0 aliphatic heterocycles. The van der Waals surface area contributed by atoms with Gasteiger partial charge in [-0.25, -0.2) is 0 Å². The van der Waals surface area contributed by atoms with Gasteiger partial charge in [0.15, 0.2) is 17.3 Å². The van der Waals surface area contributed by atoms with Crippen LogP contribution in [0.25, 0.3) is 6.08 Å². The fraction of sp³-hybridized carbons (Fsp3) is 0.0714. The minimum absolute atomic E-state index is 0.180. The second-order valence-corrected chi connectivity index (χ2v) is 4.19. The molecule has 3 N–H and O–H groups in total. The molecule has 2 aromatic rings. The van der Waals surface area contributed by atoms with E-state index in [-0.39, 0.29) is 22.9 Å². The Morgan fingerprint density at radius 2 is 2.14 bits per heavy atom. The molecule has 0 atom stereocenters. The van der Waals surface area contributed by atoms with Gasteiger partial charge in [0.25, 0.3) is 5.91 Å². The summed E-state index contributed by atoms with van der Waals surface area (Å²) >= 11 is 0. The molecule has 21 heavy (non-hydrogen) atoms. The molecule has 0 fully saturated rings. The minimum Gasteiger partial charge on any atom is -0.504 e. The average Bonchev–Trinajstić information content (AvgIpc) is 2.85. The van der Waals surface area contributed by atoms with E-state index < -0.39 is 5.91 Å². The molecule has 1 aromatic heterocycles. The Morgan fingerprint density at radius 1 is 1.38 bits per heavy atom. The second-order valence-electron chi connectivity index (χ2n) is 4.19. The lowest BCUT2D eigenvalue weighted by molar-refractivity contribution is -0.112. The zero-order chi connectivity index (χ0) is 15.4. The average molecular weight is 285 g/mol. The number of nitriles is 1. The minimum atomic E-state index is -0.654. The molecular formula is C14H11N3O4. The molecule has 2 rings (SSSR count). The molecule has 106 valence electrons. The Kier molecular flexibility index (Phi) is 3.90. The SMILES string of the molecule is Cc1cc(NC(=O)/C(C#N)=C/c2ccc(O)c(O)c2)no1. The Bertz CT molecular complexity index is 756. The summed E-state index contributed by atoms with van der Waals surface area (Å²) in [7, 11) is 0. The molecule has 0 radical (unpaired) electrons. The third kappa shape index (κ3) is 3.39. The van der Waals surface area contributed by atoms with E-state index in [1.807, 2.05) is 0 Å². The van der Waals surface area contributed by atoms with Gasteiger partial charge in [-0.05, 0) is 30.7 Å². The molecule has 0 aliphatic carbocycles. The van der Waals surface area contributed by atoms with Gasteiger partial charge in [-0.2, -0.15) is 5.26 Å². The van der Waals surface area contributed by atoms with Crippen molar-refractivity contribution in [3.8, 4) is 17.6 Å². The van der Waals surface area contributed by atoms with E-state index in [1.165, 1.54) is 30.3 Å². The number of carbonyl (C=O) groups excluding carboxylic acids is 1. The first-order chi connectivity index (χ1) is 9.99. The normalized spacial score (nSPS) is 11.0. The maximum Gasteiger partial charge on any atom is 0.267 e. The number of anilines is 1. The van der Waals surface area contributed by atoms with Crippen LogP contribution in [0.3, 0.4) is 0 Å². The Morgan fingerprint density at radius 3 is 2.71 bits per heavy atom. The van der Waals surface area contributed by atoms with Gasteiger partial charge in [0.1, 0.15) is 17.4 Å². The summed E-state index contributed by atoms with van der Waals surface area (Å²) in [6.07, 6.45) is 1.28. The number of nitrogens with one attached hydrogen (secondary N) is 1. The van der Waals surface area contributed by atoms with Crippen molar-refractivity contribution in [2.75, 3.05) is 5.32 Å². The molecule has 1 heterocycles. The van der Waals surface area contributed by atoms with Crippen LogP contribution in [-0.2, 0) is 4.79 Å². The fourth-order valence-electron chi connectivity index (χ4n) is 1.55. The van der Waals surface area contributed by atoms with Crippen LogP contribution in [0.1, 0.15) is 11.3 Å². The highest BCUT2D eigenvalue weighted by Crippen LogP contribution is 2.26. The van der Waals surface area contributed by atoms with Crippen LogP contribution in [-0.4, -0.2) is 21.3 Å². The first kappa shape index (κ1) is 14.1. The number of carbonyl (C=O) groups is 1. The predicted molar refractivity (Wildman–Crippen MR) is 73.2 cm³/mol. The van der Waals surface area contributed by atoms with Crippen LogP contribution in [0, 0.1) is 18.3 Å². The highest BCUT2D eigenvalue weighted by molar-refractivity contribution is 6.09. The lowest BCUT2D eigenvalue weighted by atomic mass is 10.1. The number of hydrogen-bond donors (Lipinski definition) is 3. The Hall–Kier alpha value is -3.27. The van der Waals surface area contributed by atoms with Crippen LogP contribution in [0.4, 0.5) is 5.82 Å². The van der Waals surface area contributed by atoms with Crippen molar-refractivity contribution in [1.82, 2.24) is 5.16 Å². The first-order valence-corrected chi connectivity index (χ1v) is 5.88. The summed E-state index contributed by atoms with van der Waals surface area (Å²) < 4.78 is 4.80. The molecule has 0 bridgehead atoms. The van der Waals surface area contributed by atoms with Crippen molar-refractivity contribution < 1.29 is 19.5 Å². The van der Waals surface area contributed by atoms with E-state index in [4.69, 9.17) is 9.78 Å². The number of rotatable bonds is 3. The molecule has 0 saturated carbocycles. The van der Waals surface area contributed by atoms with Crippen LogP contribution < -0.4 is 5.32 Å². The molecule has 7 nitrogen and oxygen atoms in total. The number of hydrogen-bond acceptors (Lipinski definition) is 6. The van der Waals surface area contributed by atoms with Gasteiger partial charge in [-0.15, -0.1) is 0 Å². The number of benzene rings is 1. The van der Waals surface area contributed by atoms with Gasteiger partial charge in [-0.3, -0.25) is 4.79 Å². The summed E-state index contributed by atoms with van der Waals surface area (Å²) in [4.78, 5) is 11.9. The van der Waals surface area contributed by atoms with E-state index >= 15 is 0 Å². The number of nitrogens with zero attached hydrogens (tertiary/aromatic N) is 2. The number of phenolic OH excluding ortho intramolecular Hbond substituents is 2. The van der Waals surface area contributed by atoms with Gasteiger partial charge in [0.05, 0.1) is 0 Å². The highest BCUT2D eigenvalue weighted by Gasteiger charge is 2.12. The smallest absolute Gasteiger partial charge is 0.267 e. The predicted octanol–water partition coefficient (Wildman–Crippen LogP) is 1.94. The summed E-state index contributed by atoms with van der Waals surface area (Å²) in [6, 6.07) is 7.22. The van der Waals surface area contributed by atoms with Crippen molar-refractivity contribution in [2.45, 2.75) is 6.92 Å². The molecule has 0 spiro atoms. The largest absolute Gasteiger partial charge is 0.504 e. The zero-order valence-corrected chi connectivity index (χ0v) is 11.0. The van der Waals surface area contributed by atoms with E-state index in [0.717, 1.165) is 0 Å². The van der Waals surface area contributed by atoms with Crippen molar-refractivity contribution in [3.63, 3.8) is 0 Å². The van der Waals surface area contributed by atoms with Crippen LogP contribution in [0.5, 0.6) is 11.5 Å². The summed E-state index contributed by atoms with van der Waals surface area (Å²) in [5.41, 5.74) is 0.217. The first-order valence-electron chi connectivity index (χ1n) is 5.88. The van der Waals surface area contributed by atoms with Gasteiger partial charge < -0.3 is 20.1 Å². The molecule has 0 saturated heterocycles. The Balaban J connectivity index is 2.22. The molecular weight excluding hydrogens is 274 g/mol. The quantitative estimate of drug-likeness (QED) is 0.450. The third-order valence-corrected chi connectivity index (χ3v) is 2.55. The summed E-state index contributed by atoms with van der Waals surface area (Å²) in [5, 5.41) is 33.6. The van der Waals surface area contributed by atoms with E-state index in [9.17, 15) is 15.0 Å². The number of aromatic nitrogens is 1. The number of amides is 1. The van der Waals surface area contributed by atoms with Crippen molar-refractivity contribution in [2.24, 2.45) is 0 Å². The topological polar surface area (TPSA) is 119 Å². The third-order valence-electron chi connectivity index (χ3n) is 2.55.